The number of rotatable bonds is 6. The molecule has 6 nitrogen and oxygen atoms in total. The first-order chi connectivity index (χ1) is 12.1. The molecule has 0 spiro atoms. The number of methoxy groups -OCH3 is 1. The smallest absolute Gasteiger partial charge is 0.249 e. The maximum atomic E-state index is 12.0. The number of ether oxygens (including phenoxy) is 1. The van der Waals surface area contributed by atoms with Gasteiger partial charge in [-0.1, -0.05) is 0 Å². The van der Waals surface area contributed by atoms with Crippen LogP contribution >= 0.6 is 0 Å². The lowest BCUT2D eigenvalue weighted by Gasteiger charge is -2.34. The quantitative estimate of drug-likeness (QED) is 0.816. The van der Waals surface area contributed by atoms with Crippen molar-refractivity contribution in [1.29, 1.82) is 5.26 Å². The molecule has 3 rings (SSSR count). The third-order valence-corrected chi connectivity index (χ3v) is 5.07. The summed E-state index contributed by atoms with van der Waals surface area (Å²) in [6.07, 6.45) is 2.74. The molecule has 1 aliphatic carbocycles. The van der Waals surface area contributed by atoms with Crippen LogP contribution in [-0.4, -0.2) is 48.3 Å². The monoisotopic (exact) mass is 343 g/mol. The van der Waals surface area contributed by atoms with Crippen molar-refractivity contribution in [3.8, 4) is 11.8 Å². The van der Waals surface area contributed by atoms with E-state index < -0.39 is 6.10 Å². The van der Waals surface area contributed by atoms with Gasteiger partial charge in [0.05, 0.1) is 18.7 Å². The molecule has 1 atom stereocenters. The number of benzene rings is 1. The molecule has 1 amide bonds. The predicted molar refractivity (Wildman–Crippen MR) is 92.9 cm³/mol. The molecule has 2 aliphatic rings. The lowest BCUT2D eigenvalue weighted by molar-refractivity contribution is -0.133. The minimum atomic E-state index is -0.904. The number of likely N-dealkylation sites (tertiary alicyclic amines) is 1. The predicted octanol–water partition coefficient (Wildman–Crippen LogP) is 1.42. The molecule has 0 bridgehead atoms. The van der Waals surface area contributed by atoms with Gasteiger partial charge in [-0.05, 0) is 62.9 Å². The lowest BCUT2D eigenvalue weighted by atomic mass is 9.90. The fraction of sp³-hybridized carbons (Fsp3) is 0.579. The molecule has 1 heterocycles. The largest absolute Gasteiger partial charge is 0.496 e. The van der Waals surface area contributed by atoms with Crippen LogP contribution in [0.4, 0.5) is 0 Å². The van der Waals surface area contributed by atoms with Crippen molar-refractivity contribution >= 4 is 5.91 Å². The number of aliphatic hydroxyl groups excluding tert-OH is 1. The molecule has 1 aliphatic heterocycles. The molecule has 2 fully saturated rings. The summed E-state index contributed by atoms with van der Waals surface area (Å²) in [6.45, 7) is 2.34. The van der Waals surface area contributed by atoms with Crippen molar-refractivity contribution in [1.82, 2.24) is 10.2 Å². The highest BCUT2D eigenvalue weighted by Gasteiger charge is 2.33. The van der Waals surface area contributed by atoms with E-state index in [9.17, 15) is 9.90 Å². The summed E-state index contributed by atoms with van der Waals surface area (Å²) in [5.74, 6) is 0.580. The second kappa shape index (κ2) is 7.85. The van der Waals surface area contributed by atoms with E-state index >= 15 is 0 Å². The molecule has 1 unspecified atom stereocenters. The van der Waals surface area contributed by atoms with Crippen LogP contribution in [0.25, 0.3) is 0 Å². The van der Waals surface area contributed by atoms with Gasteiger partial charge in [0.1, 0.15) is 11.9 Å². The summed E-state index contributed by atoms with van der Waals surface area (Å²) in [4.78, 5) is 14.3. The molecule has 0 radical (unpaired) electrons. The van der Waals surface area contributed by atoms with E-state index in [-0.39, 0.29) is 17.9 Å². The van der Waals surface area contributed by atoms with E-state index in [1.165, 1.54) is 0 Å². The van der Waals surface area contributed by atoms with Gasteiger partial charge in [-0.15, -0.1) is 0 Å². The minimum absolute atomic E-state index is 0.0161. The molecule has 2 N–H and O–H groups in total. The Kier molecular flexibility index (Phi) is 5.57. The van der Waals surface area contributed by atoms with Gasteiger partial charge in [0.15, 0.2) is 0 Å². The van der Waals surface area contributed by atoms with Gasteiger partial charge in [-0.3, -0.25) is 9.69 Å². The number of hydrogen-bond donors (Lipinski definition) is 2. The number of amides is 1. The van der Waals surface area contributed by atoms with Crippen LogP contribution in [0.1, 0.15) is 36.8 Å². The van der Waals surface area contributed by atoms with E-state index in [1.807, 2.05) is 12.1 Å². The van der Waals surface area contributed by atoms with E-state index in [4.69, 9.17) is 10.00 Å². The molecule has 6 heteroatoms. The van der Waals surface area contributed by atoms with Crippen LogP contribution in [-0.2, 0) is 11.3 Å². The Morgan fingerprint density at radius 2 is 2.12 bits per heavy atom. The van der Waals surface area contributed by atoms with Crippen LogP contribution < -0.4 is 10.1 Å². The average Bonchev–Trinajstić information content (AvgIpc) is 3.45. The zero-order valence-electron chi connectivity index (χ0n) is 14.6. The van der Waals surface area contributed by atoms with Gasteiger partial charge in [0.2, 0.25) is 5.91 Å². The second-order valence-corrected chi connectivity index (χ2v) is 6.98. The number of piperidine rings is 1. The SMILES string of the molecule is COc1ccc(C#N)cc1CN1CCC(C(O)C(=O)NC2CC2)CC1. The molecule has 25 heavy (non-hydrogen) atoms. The summed E-state index contributed by atoms with van der Waals surface area (Å²) >= 11 is 0. The Labute approximate surface area is 148 Å². The number of nitrogens with one attached hydrogen (secondary N) is 1. The lowest BCUT2D eigenvalue weighted by Crippen LogP contribution is -2.44. The van der Waals surface area contributed by atoms with Crippen LogP contribution in [0.15, 0.2) is 18.2 Å². The minimum Gasteiger partial charge on any atom is -0.496 e. The van der Waals surface area contributed by atoms with Crippen LogP contribution in [0.2, 0.25) is 0 Å². The highest BCUT2D eigenvalue weighted by Crippen LogP contribution is 2.27. The van der Waals surface area contributed by atoms with Gasteiger partial charge in [-0.25, -0.2) is 0 Å². The van der Waals surface area contributed by atoms with Gasteiger partial charge >= 0.3 is 0 Å². The molecule has 0 aromatic heterocycles. The first kappa shape index (κ1) is 17.7. The number of nitrogens with zero attached hydrogens (tertiary/aromatic N) is 2. The van der Waals surface area contributed by atoms with Crippen LogP contribution in [0.3, 0.4) is 0 Å². The maximum absolute atomic E-state index is 12.0. The summed E-state index contributed by atoms with van der Waals surface area (Å²) < 4.78 is 5.39. The van der Waals surface area contributed by atoms with E-state index in [1.54, 1.807) is 13.2 Å². The van der Waals surface area contributed by atoms with Crippen LogP contribution in [0.5, 0.6) is 5.75 Å². The Balaban J connectivity index is 1.54. The third-order valence-electron chi connectivity index (χ3n) is 5.07. The summed E-state index contributed by atoms with van der Waals surface area (Å²) in [6, 6.07) is 7.88. The van der Waals surface area contributed by atoms with Crippen molar-refractivity contribution in [3.63, 3.8) is 0 Å². The molecule has 134 valence electrons. The molecular weight excluding hydrogens is 318 g/mol. The zero-order valence-corrected chi connectivity index (χ0v) is 14.6. The Bertz CT molecular complexity index is 658. The van der Waals surface area contributed by atoms with Crippen molar-refractivity contribution in [2.45, 2.75) is 44.4 Å². The Morgan fingerprint density at radius 3 is 2.72 bits per heavy atom. The Morgan fingerprint density at radius 1 is 1.40 bits per heavy atom. The fourth-order valence-corrected chi connectivity index (χ4v) is 3.37. The number of nitriles is 1. The topological polar surface area (TPSA) is 85.6 Å². The van der Waals surface area contributed by atoms with Gasteiger partial charge in [-0.2, -0.15) is 5.26 Å². The highest BCUT2D eigenvalue weighted by molar-refractivity contribution is 5.81. The zero-order chi connectivity index (χ0) is 17.8. The molecule has 1 saturated carbocycles. The standard InChI is InChI=1S/C19H25N3O3/c1-25-17-5-2-13(11-20)10-15(17)12-22-8-6-14(7-9-22)18(23)19(24)21-16-3-4-16/h2,5,10,14,16,18,23H,3-4,6-9,12H2,1H3,(H,21,24). The van der Waals surface area contributed by atoms with E-state index in [0.717, 1.165) is 50.1 Å². The summed E-state index contributed by atoms with van der Waals surface area (Å²) in [7, 11) is 1.63. The number of aliphatic hydroxyl groups is 1. The first-order valence-corrected chi connectivity index (χ1v) is 8.88. The van der Waals surface area contributed by atoms with E-state index in [0.29, 0.717) is 12.1 Å². The van der Waals surface area contributed by atoms with E-state index in [2.05, 4.69) is 16.3 Å². The first-order valence-electron chi connectivity index (χ1n) is 8.88. The third kappa shape index (κ3) is 4.50. The maximum Gasteiger partial charge on any atom is 0.249 e. The molecule has 1 aromatic carbocycles. The van der Waals surface area contributed by atoms with Crippen LogP contribution in [0, 0.1) is 17.2 Å². The molecule has 1 saturated heterocycles. The van der Waals surface area contributed by atoms with Gasteiger partial charge < -0.3 is 15.2 Å². The van der Waals surface area contributed by atoms with Crippen molar-refractivity contribution in [2.75, 3.05) is 20.2 Å². The fourth-order valence-electron chi connectivity index (χ4n) is 3.37. The van der Waals surface area contributed by atoms with Gasteiger partial charge in [0.25, 0.3) is 0 Å². The second-order valence-electron chi connectivity index (χ2n) is 6.98. The average molecular weight is 343 g/mol. The van der Waals surface area contributed by atoms with Crippen molar-refractivity contribution in [2.24, 2.45) is 5.92 Å². The summed E-state index contributed by atoms with van der Waals surface area (Å²) in [5, 5.41) is 22.2. The van der Waals surface area contributed by atoms with Gasteiger partial charge in [0, 0.05) is 18.2 Å². The normalized spacial score (nSPS) is 19.9. The molecular formula is C19H25N3O3. The number of carbonyl (C=O) groups excluding carboxylic acids is 1. The number of hydrogen-bond acceptors (Lipinski definition) is 5. The molecule has 1 aromatic rings. The van der Waals surface area contributed by atoms with Crippen molar-refractivity contribution < 1.29 is 14.6 Å². The highest BCUT2D eigenvalue weighted by atomic mass is 16.5. The Hall–Kier alpha value is -2.10. The summed E-state index contributed by atoms with van der Waals surface area (Å²) in [5.41, 5.74) is 1.62. The number of carbonyl (C=O) groups is 1. The van der Waals surface area contributed by atoms with Crippen molar-refractivity contribution in [3.05, 3.63) is 29.3 Å².